The number of ether oxygens (including phenoxy) is 2. The highest BCUT2D eigenvalue weighted by Crippen LogP contribution is 2.24. The highest BCUT2D eigenvalue weighted by Gasteiger charge is 2.27. The topological polar surface area (TPSA) is 84.9 Å². The summed E-state index contributed by atoms with van der Waals surface area (Å²) in [4.78, 5) is 12.8. The van der Waals surface area contributed by atoms with E-state index in [1.54, 1.807) is 50.4 Å². The number of sulfonamides is 1. The minimum atomic E-state index is -4.07. The molecule has 0 spiro atoms. The standard InChI is InChI=1S/C25H27FN2O5S/c1-18-4-14-24(15-5-18)34(30,31)28(21-8-6-20(26)7-9-21)16-25(29)27-19(2)17-33-23-12-10-22(32-3)11-13-23/h4-15,19H,16-17H2,1-3H3,(H,27,29). The molecule has 0 aliphatic rings. The van der Waals surface area contributed by atoms with E-state index >= 15 is 0 Å². The largest absolute Gasteiger partial charge is 0.497 e. The molecule has 180 valence electrons. The first kappa shape index (κ1) is 25.0. The molecule has 34 heavy (non-hydrogen) atoms. The molecular weight excluding hydrogens is 459 g/mol. The molecule has 9 heteroatoms. The van der Waals surface area contributed by atoms with Crippen LogP contribution in [0.4, 0.5) is 10.1 Å². The SMILES string of the molecule is COc1ccc(OCC(C)NC(=O)CN(c2ccc(F)cc2)S(=O)(=O)c2ccc(C)cc2)cc1. The first-order chi connectivity index (χ1) is 16.2. The average molecular weight is 487 g/mol. The molecule has 3 aromatic carbocycles. The second kappa shape index (κ2) is 11.0. The summed E-state index contributed by atoms with van der Waals surface area (Å²) in [5, 5.41) is 2.75. The molecule has 0 bridgehead atoms. The molecule has 0 aliphatic heterocycles. The molecular formula is C25H27FN2O5S. The van der Waals surface area contributed by atoms with Crippen LogP contribution in [0.5, 0.6) is 11.5 Å². The Kier molecular flexibility index (Phi) is 8.12. The molecule has 0 heterocycles. The summed E-state index contributed by atoms with van der Waals surface area (Å²) < 4.78 is 51.9. The van der Waals surface area contributed by atoms with Crippen LogP contribution in [0, 0.1) is 12.7 Å². The fourth-order valence-electron chi connectivity index (χ4n) is 3.15. The van der Waals surface area contributed by atoms with E-state index in [1.807, 2.05) is 6.92 Å². The predicted octanol–water partition coefficient (Wildman–Crippen LogP) is 3.92. The molecule has 0 fully saturated rings. The molecule has 1 N–H and O–H groups in total. The van der Waals surface area contributed by atoms with Gasteiger partial charge in [0.05, 0.1) is 23.7 Å². The van der Waals surface area contributed by atoms with Crippen LogP contribution in [-0.2, 0) is 14.8 Å². The van der Waals surface area contributed by atoms with Crippen LogP contribution in [0.2, 0.25) is 0 Å². The number of hydrogen-bond donors (Lipinski definition) is 1. The number of carbonyl (C=O) groups excluding carboxylic acids is 1. The van der Waals surface area contributed by atoms with Crippen molar-refractivity contribution in [3.63, 3.8) is 0 Å². The zero-order valence-electron chi connectivity index (χ0n) is 19.2. The quantitative estimate of drug-likeness (QED) is 0.470. The molecule has 3 aromatic rings. The van der Waals surface area contributed by atoms with E-state index in [0.29, 0.717) is 11.5 Å². The van der Waals surface area contributed by atoms with E-state index in [9.17, 15) is 17.6 Å². The maximum atomic E-state index is 13.4. The van der Waals surface area contributed by atoms with E-state index in [1.165, 1.54) is 24.3 Å². The first-order valence-corrected chi connectivity index (χ1v) is 12.0. The Hall–Kier alpha value is -3.59. The van der Waals surface area contributed by atoms with Gasteiger partial charge in [0.25, 0.3) is 10.0 Å². The number of aryl methyl sites for hydroxylation is 1. The minimum absolute atomic E-state index is 0.0334. The lowest BCUT2D eigenvalue weighted by atomic mass is 10.2. The van der Waals surface area contributed by atoms with E-state index in [0.717, 1.165) is 22.0 Å². The molecule has 0 saturated carbocycles. The molecule has 0 aliphatic carbocycles. The van der Waals surface area contributed by atoms with Gasteiger partial charge >= 0.3 is 0 Å². The number of carbonyl (C=O) groups is 1. The number of methoxy groups -OCH3 is 1. The molecule has 1 unspecified atom stereocenters. The Labute approximate surface area is 199 Å². The molecule has 0 radical (unpaired) electrons. The molecule has 3 rings (SSSR count). The molecule has 1 atom stereocenters. The van der Waals surface area contributed by atoms with Crippen LogP contribution in [0.25, 0.3) is 0 Å². The predicted molar refractivity (Wildman–Crippen MR) is 128 cm³/mol. The van der Waals surface area contributed by atoms with Gasteiger partial charge in [-0.15, -0.1) is 0 Å². The summed E-state index contributed by atoms with van der Waals surface area (Å²) in [6, 6.07) is 17.9. The fraction of sp³-hybridized carbons (Fsp3) is 0.240. The Bertz CT molecular complexity index is 1200. The number of amides is 1. The monoisotopic (exact) mass is 486 g/mol. The summed E-state index contributed by atoms with van der Waals surface area (Å²) in [7, 11) is -2.50. The van der Waals surface area contributed by atoms with Gasteiger partial charge in [-0.2, -0.15) is 0 Å². The zero-order chi connectivity index (χ0) is 24.7. The van der Waals surface area contributed by atoms with Crippen molar-refractivity contribution < 1.29 is 27.1 Å². The summed E-state index contributed by atoms with van der Waals surface area (Å²) in [6.07, 6.45) is 0. The normalized spacial score (nSPS) is 12.0. The number of anilines is 1. The van der Waals surface area contributed by atoms with E-state index in [-0.39, 0.29) is 17.2 Å². The minimum Gasteiger partial charge on any atom is -0.497 e. The highest BCUT2D eigenvalue weighted by atomic mass is 32.2. The van der Waals surface area contributed by atoms with Crippen molar-refractivity contribution in [1.29, 1.82) is 0 Å². The lowest BCUT2D eigenvalue weighted by Crippen LogP contribution is -2.45. The highest BCUT2D eigenvalue weighted by molar-refractivity contribution is 7.92. The molecule has 7 nitrogen and oxygen atoms in total. The number of rotatable bonds is 10. The zero-order valence-corrected chi connectivity index (χ0v) is 20.0. The van der Waals surface area contributed by atoms with Gasteiger partial charge in [-0.1, -0.05) is 17.7 Å². The second-order valence-corrected chi connectivity index (χ2v) is 9.62. The van der Waals surface area contributed by atoms with E-state index in [2.05, 4.69) is 5.32 Å². The van der Waals surface area contributed by atoms with Gasteiger partial charge in [-0.25, -0.2) is 12.8 Å². The number of nitrogens with zero attached hydrogens (tertiary/aromatic N) is 1. The van der Waals surface area contributed by atoms with Crippen LogP contribution >= 0.6 is 0 Å². The third-order valence-corrected chi connectivity index (χ3v) is 6.77. The van der Waals surface area contributed by atoms with Crippen molar-refractivity contribution in [2.45, 2.75) is 24.8 Å². The van der Waals surface area contributed by atoms with Crippen molar-refractivity contribution in [2.75, 3.05) is 24.6 Å². The van der Waals surface area contributed by atoms with Gasteiger partial charge in [0, 0.05) is 0 Å². The Balaban J connectivity index is 1.71. The fourth-order valence-corrected chi connectivity index (χ4v) is 4.57. The van der Waals surface area contributed by atoms with Crippen LogP contribution < -0.4 is 19.1 Å². The molecule has 0 saturated heterocycles. The summed E-state index contributed by atoms with van der Waals surface area (Å²) in [6.45, 7) is 3.29. The van der Waals surface area contributed by atoms with Gasteiger partial charge in [0.2, 0.25) is 5.91 Å². The third kappa shape index (κ3) is 6.48. The Morgan fingerprint density at radius 1 is 0.971 bits per heavy atom. The lowest BCUT2D eigenvalue weighted by molar-refractivity contribution is -0.120. The molecule has 0 aromatic heterocycles. The van der Waals surface area contributed by atoms with Crippen LogP contribution in [-0.4, -0.2) is 40.6 Å². The number of halogens is 1. The number of benzene rings is 3. The van der Waals surface area contributed by atoms with Crippen molar-refractivity contribution in [3.05, 3.63) is 84.2 Å². The maximum Gasteiger partial charge on any atom is 0.264 e. The van der Waals surface area contributed by atoms with Gasteiger partial charge in [0.1, 0.15) is 30.5 Å². The maximum absolute atomic E-state index is 13.4. The van der Waals surface area contributed by atoms with Crippen molar-refractivity contribution in [2.24, 2.45) is 0 Å². The van der Waals surface area contributed by atoms with Gasteiger partial charge in [-0.05, 0) is 74.5 Å². The molecule has 1 amide bonds. The van der Waals surface area contributed by atoms with Crippen molar-refractivity contribution in [1.82, 2.24) is 5.32 Å². The van der Waals surface area contributed by atoms with Gasteiger partial charge < -0.3 is 14.8 Å². The van der Waals surface area contributed by atoms with Gasteiger partial charge in [-0.3, -0.25) is 9.10 Å². The van der Waals surface area contributed by atoms with E-state index < -0.39 is 34.3 Å². The summed E-state index contributed by atoms with van der Waals surface area (Å²) in [5.41, 5.74) is 1.08. The number of hydrogen-bond acceptors (Lipinski definition) is 5. The Morgan fingerprint density at radius 2 is 1.56 bits per heavy atom. The van der Waals surface area contributed by atoms with Crippen LogP contribution in [0.1, 0.15) is 12.5 Å². The Morgan fingerprint density at radius 3 is 2.15 bits per heavy atom. The third-order valence-electron chi connectivity index (χ3n) is 4.98. The van der Waals surface area contributed by atoms with Crippen LogP contribution in [0.3, 0.4) is 0 Å². The van der Waals surface area contributed by atoms with Crippen molar-refractivity contribution >= 4 is 21.6 Å². The van der Waals surface area contributed by atoms with E-state index in [4.69, 9.17) is 9.47 Å². The smallest absolute Gasteiger partial charge is 0.264 e. The second-order valence-electron chi connectivity index (χ2n) is 7.76. The van der Waals surface area contributed by atoms with Crippen LogP contribution in [0.15, 0.2) is 77.7 Å². The number of nitrogens with one attached hydrogen (secondary N) is 1. The van der Waals surface area contributed by atoms with Gasteiger partial charge in [0.15, 0.2) is 0 Å². The first-order valence-electron chi connectivity index (χ1n) is 10.6. The average Bonchev–Trinajstić information content (AvgIpc) is 2.82. The van der Waals surface area contributed by atoms with Crippen molar-refractivity contribution in [3.8, 4) is 11.5 Å². The lowest BCUT2D eigenvalue weighted by Gasteiger charge is -2.25. The summed E-state index contributed by atoms with van der Waals surface area (Å²) >= 11 is 0. The summed E-state index contributed by atoms with van der Waals surface area (Å²) in [5.74, 6) is 0.275.